The minimum atomic E-state index is -1.26. The smallest absolute Gasteiger partial charge is 0.358 e. The fourth-order valence-corrected chi connectivity index (χ4v) is 3.69. The molecule has 2 amide bonds. The van der Waals surface area contributed by atoms with E-state index in [1.165, 1.54) is 15.6 Å². The molecule has 0 saturated heterocycles. The molecule has 1 unspecified atom stereocenters. The van der Waals surface area contributed by atoms with Gasteiger partial charge in [-0.2, -0.15) is 5.10 Å². The second-order valence-electron chi connectivity index (χ2n) is 8.34. The van der Waals surface area contributed by atoms with Crippen LogP contribution >= 0.6 is 0 Å². The molecule has 0 aliphatic carbocycles. The van der Waals surface area contributed by atoms with Gasteiger partial charge < -0.3 is 14.8 Å². The van der Waals surface area contributed by atoms with E-state index < -0.39 is 17.4 Å². The molecule has 1 aromatic carbocycles. The fraction of sp³-hybridized carbons (Fsp3) is 0.478. The molecule has 1 aliphatic heterocycles. The zero-order valence-electron chi connectivity index (χ0n) is 19.2. The number of rotatable bonds is 8. The number of hydrogen-bond donors (Lipinski definition) is 1. The maximum absolute atomic E-state index is 13.6. The number of ether oxygens (including phenoxy) is 2. The predicted octanol–water partition coefficient (Wildman–Crippen LogP) is 2.65. The fourth-order valence-electron chi connectivity index (χ4n) is 3.69. The molecule has 0 radical (unpaired) electrons. The van der Waals surface area contributed by atoms with Gasteiger partial charge in [0.25, 0.3) is 5.91 Å². The first kappa shape index (κ1) is 23.3. The molecule has 2 heterocycles. The van der Waals surface area contributed by atoms with Crippen molar-refractivity contribution in [1.29, 1.82) is 0 Å². The molecule has 3 rings (SSSR count). The van der Waals surface area contributed by atoms with Crippen LogP contribution in [0.2, 0.25) is 0 Å². The van der Waals surface area contributed by atoms with Crippen molar-refractivity contribution >= 4 is 23.5 Å². The van der Waals surface area contributed by atoms with Crippen LogP contribution in [0.25, 0.3) is 0 Å². The van der Waals surface area contributed by atoms with Crippen LogP contribution in [-0.2, 0) is 16.1 Å². The van der Waals surface area contributed by atoms with E-state index >= 15 is 0 Å². The Labute approximate surface area is 187 Å². The molecule has 9 nitrogen and oxygen atoms in total. The van der Waals surface area contributed by atoms with E-state index in [1.807, 2.05) is 0 Å². The van der Waals surface area contributed by atoms with Crippen molar-refractivity contribution in [3.05, 3.63) is 41.7 Å². The average Bonchev–Trinajstić information content (AvgIpc) is 3.18. The Morgan fingerprint density at radius 2 is 1.94 bits per heavy atom. The zero-order valence-corrected chi connectivity index (χ0v) is 19.2. The molecule has 1 atom stereocenters. The third-order valence-electron chi connectivity index (χ3n) is 5.46. The van der Waals surface area contributed by atoms with Gasteiger partial charge in [0.15, 0.2) is 5.69 Å². The highest BCUT2D eigenvalue weighted by Gasteiger charge is 2.49. The Bertz CT molecular complexity index is 998. The van der Waals surface area contributed by atoms with Crippen LogP contribution in [-0.4, -0.2) is 53.4 Å². The van der Waals surface area contributed by atoms with Gasteiger partial charge in [-0.3, -0.25) is 19.2 Å². The van der Waals surface area contributed by atoms with Crippen molar-refractivity contribution in [2.45, 2.75) is 46.2 Å². The van der Waals surface area contributed by atoms with E-state index in [4.69, 9.17) is 9.47 Å². The van der Waals surface area contributed by atoms with Crippen molar-refractivity contribution in [3.63, 3.8) is 0 Å². The number of nitrogens with zero attached hydrogens (tertiary/aromatic N) is 3. The number of benzene rings is 1. The van der Waals surface area contributed by atoms with Crippen LogP contribution in [0, 0.1) is 5.92 Å². The molecule has 172 valence electrons. The number of aromatic nitrogens is 2. The summed E-state index contributed by atoms with van der Waals surface area (Å²) >= 11 is 0. The lowest BCUT2D eigenvalue weighted by Gasteiger charge is -2.43. The lowest BCUT2D eigenvalue weighted by Crippen LogP contribution is -2.64. The van der Waals surface area contributed by atoms with Crippen molar-refractivity contribution in [2.75, 3.05) is 25.2 Å². The number of carbonyl (C=O) groups excluding carboxylic acids is 3. The van der Waals surface area contributed by atoms with E-state index in [0.29, 0.717) is 23.9 Å². The molecular weight excluding hydrogens is 412 g/mol. The molecule has 32 heavy (non-hydrogen) atoms. The number of fused-ring (bicyclic) bond motifs is 1. The summed E-state index contributed by atoms with van der Waals surface area (Å²) in [7, 11) is 1.56. The molecule has 0 saturated carbocycles. The number of esters is 1. The Balaban J connectivity index is 2.02. The van der Waals surface area contributed by atoms with E-state index in [9.17, 15) is 14.4 Å². The van der Waals surface area contributed by atoms with Crippen molar-refractivity contribution in [1.82, 2.24) is 15.1 Å². The summed E-state index contributed by atoms with van der Waals surface area (Å²) < 4.78 is 11.7. The number of hydrogen-bond acceptors (Lipinski definition) is 6. The molecule has 1 aromatic heterocycles. The Kier molecular flexibility index (Phi) is 6.86. The summed E-state index contributed by atoms with van der Waals surface area (Å²) in [5.74, 6) is -0.261. The normalized spacial score (nSPS) is 17.8. The second kappa shape index (κ2) is 9.42. The average molecular weight is 443 g/mol. The van der Waals surface area contributed by atoms with E-state index in [2.05, 4.69) is 24.3 Å². The summed E-state index contributed by atoms with van der Waals surface area (Å²) in [5, 5.41) is 7.21. The Morgan fingerprint density at radius 1 is 1.25 bits per heavy atom. The van der Waals surface area contributed by atoms with Crippen LogP contribution in [0.1, 0.15) is 55.1 Å². The summed E-state index contributed by atoms with van der Waals surface area (Å²) in [5.41, 5.74) is -0.457. The maximum atomic E-state index is 13.6. The molecule has 2 aromatic rings. The molecular formula is C23H30N4O5. The van der Waals surface area contributed by atoms with E-state index in [1.54, 1.807) is 45.2 Å². The molecule has 0 fully saturated rings. The maximum Gasteiger partial charge on any atom is 0.358 e. The van der Waals surface area contributed by atoms with Crippen molar-refractivity contribution in [2.24, 2.45) is 5.92 Å². The monoisotopic (exact) mass is 442 g/mol. The van der Waals surface area contributed by atoms with Gasteiger partial charge in [-0.1, -0.05) is 13.8 Å². The minimum absolute atomic E-state index is 0.0364. The van der Waals surface area contributed by atoms with Gasteiger partial charge in [-0.05, 0) is 50.5 Å². The van der Waals surface area contributed by atoms with Gasteiger partial charge in [-0.25, -0.2) is 4.79 Å². The number of amides is 2. The molecule has 1 N–H and O–H groups in total. The highest BCUT2D eigenvalue weighted by Crippen LogP contribution is 2.33. The summed E-state index contributed by atoms with van der Waals surface area (Å²) in [6.45, 7) is 8.34. The Morgan fingerprint density at radius 3 is 2.53 bits per heavy atom. The predicted molar refractivity (Wildman–Crippen MR) is 119 cm³/mol. The van der Waals surface area contributed by atoms with Gasteiger partial charge in [0.2, 0.25) is 5.91 Å². The van der Waals surface area contributed by atoms with E-state index in [-0.39, 0.29) is 30.4 Å². The highest BCUT2D eigenvalue weighted by molar-refractivity contribution is 6.12. The van der Waals surface area contributed by atoms with Crippen LogP contribution in [0.3, 0.4) is 0 Å². The lowest BCUT2D eigenvalue weighted by atomic mass is 9.93. The van der Waals surface area contributed by atoms with Crippen molar-refractivity contribution in [3.8, 4) is 5.75 Å². The summed E-state index contributed by atoms with van der Waals surface area (Å²) in [6.07, 6.45) is 0.818. The third-order valence-corrected chi connectivity index (χ3v) is 5.46. The van der Waals surface area contributed by atoms with Gasteiger partial charge in [0.1, 0.15) is 17.0 Å². The summed E-state index contributed by atoms with van der Waals surface area (Å²) in [4.78, 5) is 40.6. The van der Waals surface area contributed by atoms with Crippen LogP contribution < -0.4 is 15.0 Å². The topological polar surface area (TPSA) is 103 Å². The van der Waals surface area contributed by atoms with E-state index in [0.717, 1.165) is 6.42 Å². The van der Waals surface area contributed by atoms with Crippen LogP contribution in [0.5, 0.6) is 5.75 Å². The quantitative estimate of drug-likeness (QED) is 0.631. The first-order valence-corrected chi connectivity index (χ1v) is 10.7. The van der Waals surface area contributed by atoms with Gasteiger partial charge >= 0.3 is 5.97 Å². The minimum Gasteiger partial charge on any atom is -0.497 e. The van der Waals surface area contributed by atoms with Crippen LogP contribution in [0.15, 0.2) is 30.3 Å². The van der Waals surface area contributed by atoms with Crippen molar-refractivity contribution < 1.29 is 23.9 Å². The zero-order chi connectivity index (χ0) is 23.5. The first-order chi connectivity index (χ1) is 15.2. The third kappa shape index (κ3) is 4.46. The Hall–Kier alpha value is -3.36. The largest absolute Gasteiger partial charge is 0.497 e. The van der Waals surface area contributed by atoms with Crippen LogP contribution in [0.4, 0.5) is 5.69 Å². The first-order valence-electron chi connectivity index (χ1n) is 10.7. The number of anilines is 1. The molecule has 0 spiro atoms. The molecule has 1 aliphatic rings. The molecule has 9 heteroatoms. The number of nitrogens with one attached hydrogen (secondary N) is 1. The number of carbonyl (C=O) groups is 3. The number of methoxy groups -OCH3 is 1. The van der Waals surface area contributed by atoms with Gasteiger partial charge in [0, 0.05) is 18.3 Å². The second-order valence-corrected chi connectivity index (χ2v) is 8.34. The molecule has 0 bridgehead atoms. The highest BCUT2D eigenvalue weighted by atomic mass is 16.5. The van der Waals surface area contributed by atoms with Gasteiger partial charge in [-0.15, -0.1) is 0 Å². The SMILES string of the molecule is CCOC(=O)c1cc2n(n1)CC(C)(C(=O)NCCC(C)C)N(c1ccc(OC)cc1)C2=O. The van der Waals surface area contributed by atoms with Gasteiger partial charge in [0.05, 0.1) is 20.3 Å². The summed E-state index contributed by atoms with van der Waals surface area (Å²) in [6, 6.07) is 8.34. The lowest BCUT2D eigenvalue weighted by molar-refractivity contribution is -0.126. The standard InChI is InChI=1S/C23H30N4O5/c1-6-32-21(29)18-13-19-20(28)27(16-7-9-17(31-5)10-8-16)23(4,14-26(19)25-18)22(30)24-12-11-15(2)3/h7-10,13,15H,6,11-12,14H2,1-5H3,(H,24,30).